The summed E-state index contributed by atoms with van der Waals surface area (Å²) >= 11 is 0. The third-order valence-electron chi connectivity index (χ3n) is 4.39. The lowest BCUT2D eigenvalue weighted by molar-refractivity contribution is 0.612. The topological polar surface area (TPSA) is 43.6 Å². The molecular formula is C22H20N4. The van der Waals surface area contributed by atoms with E-state index in [4.69, 9.17) is 0 Å². The largest absolute Gasteiger partial charge is 0.313 e. The van der Waals surface area contributed by atoms with Gasteiger partial charge in [-0.1, -0.05) is 66.7 Å². The van der Waals surface area contributed by atoms with Gasteiger partial charge in [-0.15, -0.1) is 0 Å². The number of rotatable bonds is 4. The second kappa shape index (κ2) is 6.92. The number of imidazole rings is 1. The molecule has 0 unspecified atom stereocenters. The molecule has 0 bridgehead atoms. The van der Waals surface area contributed by atoms with Gasteiger partial charge in [-0.2, -0.15) is 0 Å². The molecule has 4 rings (SSSR count). The molecule has 0 aliphatic rings. The van der Waals surface area contributed by atoms with E-state index in [-0.39, 0.29) is 0 Å². The lowest BCUT2D eigenvalue weighted by Gasteiger charge is -2.09. The summed E-state index contributed by atoms with van der Waals surface area (Å²) in [5.41, 5.74) is 5.90. The SMILES string of the molecule is CC(C)n1cnc2c(-c3ccccc3/C=C/c3ccccc3)ncnc21. The molecule has 4 nitrogen and oxygen atoms in total. The maximum absolute atomic E-state index is 4.59. The Kier molecular flexibility index (Phi) is 4.32. The van der Waals surface area contributed by atoms with Crippen molar-refractivity contribution in [2.24, 2.45) is 0 Å². The average molecular weight is 340 g/mol. The molecule has 0 aliphatic heterocycles. The van der Waals surface area contributed by atoms with Gasteiger partial charge >= 0.3 is 0 Å². The average Bonchev–Trinajstić information content (AvgIpc) is 3.12. The molecule has 0 radical (unpaired) electrons. The van der Waals surface area contributed by atoms with Crippen molar-refractivity contribution in [3.63, 3.8) is 0 Å². The van der Waals surface area contributed by atoms with Gasteiger partial charge in [0.15, 0.2) is 5.65 Å². The van der Waals surface area contributed by atoms with Gasteiger partial charge in [0, 0.05) is 11.6 Å². The van der Waals surface area contributed by atoms with Crippen molar-refractivity contribution < 1.29 is 0 Å². The van der Waals surface area contributed by atoms with Crippen molar-refractivity contribution >= 4 is 23.3 Å². The molecule has 0 atom stereocenters. The van der Waals surface area contributed by atoms with Crippen molar-refractivity contribution in [3.8, 4) is 11.3 Å². The van der Waals surface area contributed by atoms with Gasteiger partial charge in [-0.05, 0) is 25.0 Å². The minimum atomic E-state index is 0.302. The predicted octanol–water partition coefficient (Wildman–Crippen LogP) is 5.24. The van der Waals surface area contributed by atoms with Crippen LogP contribution in [-0.2, 0) is 0 Å². The van der Waals surface area contributed by atoms with Crippen LogP contribution in [0.2, 0.25) is 0 Å². The molecule has 2 aromatic heterocycles. The van der Waals surface area contributed by atoms with Crippen LogP contribution >= 0.6 is 0 Å². The number of benzene rings is 2. The maximum atomic E-state index is 4.59. The van der Waals surface area contributed by atoms with Gasteiger partial charge in [0.05, 0.1) is 6.33 Å². The molecule has 0 fully saturated rings. The molecule has 4 aromatic rings. The Labute approximate surface area is 152 Å². The molecule has 0 saturated carbocycles. The molecule has 0 aliphatic carbocycles. The zero-order valence-corrected chi connectivity index (χ0v) is 14.9. The van der Waals surface area contributed by atoms with Gasteiger partial charge in [0.2, 0.25) is 0 Å². The Bertz CT molecular complexity index is 1060. The molecule has 0 N–H and O–H groups in total. The quantitative estimate of drug-likeness (QED) is 0.477. The highest BCUT2D eigenvalue weighted by Gasteiger charge is 2.14. The molecule has 2 heterocycles. The van der Waals surface area contributed by atoms with Crippen LogP contribution in [0.1, 0.15) is 31.0 Å². The summed E-state index contributed by atoms with van der Waals surface area (Å²) in [6.45, 7) is 4.25. The van der Waals surface area contributed by atoms with Crippen LogP contribution in [0.25, 0.3) is 34.6 Å². The van der Waals surface area contributed by atoms with Crippen molar-refractivity contribution in [2.75, 3.05) is 0 Å². The molecule has 0 amide bonds. The van der Waals surface area contributed by atoms with Gasteiger partial charge in [0.25, 0.3) is 0 Å². The van der Waals surface area contributed by atoms with Crippen LogP contribution in [0, 0.1) is 0 Å². The van der Waals surface area contributed by atoms with E-state index in [2.05, 4.69) is 69.8 Å². The van der Waals surface area contributed by atoms with Gasteiger partial charge in [0.1, 0.15) is 17.5 Å². The summed E-state index contributed by atoms with van der Waals surface area (Å²) in [4.78, 5) is 13.6. The van der Waals surface area contributed by atoms with Crippen molar-refractivity contribution in [2.45, 2.75) is 19.9 Å². The summed E-state index contributed by atoms with van der Waals surface area (Å²) in [5, 5.41) is 0. The zero-order chi connectivity index (χ0) is 17.9. The van der Waals surface area contributed by atoms with Crippen LogP contribution in [0.3, 0.4) is 0 Å². The lowest BCUT2D eigenvalue weighted by Crippen LogP contribution is -2.00. The highest BCUT2D eigenvalue weighted by molar-refractivity contribution is 5.91. The summed E-state index contributed by atoms with van der Waals surface area (Å²) in [6, 6.07) is 18.8. The van der Waals surface area contributed by atoms with Crippen molar-refractivity contribution in [1.29, 1.82) is 0 Å². The number of fused-ring (bicyclic) bond motifs is 1. The fraction of sp³-hybridized carbons (Fsp3) is 0.136. The molecular weight excluding hydrogens is 320 g/mol. The van der Waals surface area contributed by atoms with Crippen molar-refractivity contribution in [1.82, 2.24) is 19.5 Å². The minimum Gasteiger partial charge on any atom is -0.313 e. The van der Waals surface area contributed by atoms with Gasteiger partial charge in [-0.25, -0.2) is 15.0 Å². The fourth-order valence-electron chi connectivity index (χ4n) is 3.04. The number of hydrogen-bond donors (Lipinski definition) is 0. The Morgan fingerprint density at radius 2 is 1.62 bits per heavy atom. The maximum Gasteiger partial charge on any atom is 0.164 e. The molecule has 26 heavy (non-hydrogen) atoms. The number of hydrogen-bond acceptors (Lipinski definition) is 3. The van der Waals surface area contributed by atoms with Gasteiger partial charge < -0.3 is 4.57 Å². The van der Waals surface area contributed by atoms with E-state index in [1.165, 1.54) is 5.56 Å². The van der Waals surface area contributed by atoms with E-state index in [1.54, 1.807) is 6.33 Å². The summed E-state index contributed by atoms with van der Waals surface area (Å²) in [6.07, 6.45) is 7.70. The summed E-state index contributed by atoms with van der Waals surface area (Å²) < 4.78 is 2.07. The Balaban J connectivity index is 1.82. The number of nitrogens with zero attached hydrogens (tertiary/aromatic N) is 4. The number of aromatic nitrogens is 4. The van der Waals surface area contributed by atoms with E-state index in [9.17, 15) is 0 Å². The first-order valence-corrected chi connectivity index (χ1v) is 8.74. The third kappa shape index (κ3) is 3.02. The zero-order valence-electron chi connectivity index (χ0n) is 14.9. The first-order chi connectivity index (χ1) is 12.7. The molecule has 2 aromatic carbocycles. The van der Waals surface area contributed by atoms with E-state index >= 15 is 0 Å². The van der Waals surface area contributed by atoms with E-state index in [1.807, 2.05) is 36.7 Å². The molecule has 0 spiro atoms. The molecule has 0 saturated heterocycles. The van der Waals surface area contributed by atoms with E-state index in [0.717, 1.165) is 28.0 Å². The van der Waals surface area contributed by atoms with Gasteiger partial charge in [-0.3, -0.25) is 0 Å². The van der Waals surface area contributed by atoms with Crippen LogP contribution < -0.4 is 0 Å². The highest BCUT2D eigenvalue weighted by atomic mass is 15.1. The molecule has 128 valence electrons. The summed E-state index contributed by atoms with van der Waals surface area (Å²) in [5.74, 6) is 0. The fourth-order valence-corrected chi connectivity index (χ4v) is 3.04. The molecule has 4 heteroatoms. The lowest BCUT2D eigenvalue weighted by atomic mass is 10.0. The standard InChI is InChI=1S/C22H20N4/c1-16(2)26-15-25-21-20(23-14-24-22(21)26)19-11-7-6-10-18(19)13-12-17-8-4-3-5-9-17/h3-16H,1-2H3/b13-12+. The van der Waals surface area contributed by atoms with E-state index < -0.39 is 0 Å². The smallest absolute Gasteiger partial charge is 0.164 e. The Hall–Kier alpha value is -3.27. The van der Waals surface area contributed by atoms with Crippen molar-refractivity contribution in [3.05, 3.63) is 78.4 Å². The highest BCUT2D eigenvalue weighted by Crippen LogP contribution is 2.29. The van der Waals surface area contributed by atoms with Crippen LogP contribution in [0.4, 0.5) is 0 Å². The first kappa shape index (κ1) is 16.2. The third-order valence-corrected chi connectivity index (χ3v) is 4.39. The summed E-state index contributed by atoms with van der Waals surface area (Å²) in [7, 11) is 0. The van der Waals surface area contributed by atoms with E-state index in [0.29, 0.717) is 6.04 Å². The second-order valence-electron chi connectivity index (χ2n) is 6.47. The first-order valence-electron chi connectivity index (χ1n) is 8.74. The monoisotopic (exact) mass is 340 g/mol. The van der Waals surface area contributed by atoms with Crippen LogP contribution in [0.15, 0.2) is 67.3 Å². The van der Waals surface area contributed by atoms with Crippen LogP contribution in [-0.4, -0.2) is 19.5 Å². The second-order valence-corrected chi connectivity index (χ2v) is 6.47. The predicted molar refractivity (Wildman–Crippen MR) is 107 cm³/mol. The normalized spacial score (nSPS) is 11.7. The Morgan fingerprint density at radius 1 is 0.846 bits per heavy atom. The van der Waals surface area contributed by atoms with Crippen LogP contribution in [0.5, 0.6) is 0 Å². The Morgan fingerprint density at radius 3 is 2.42 bits per heavy atom. The minimum absolute atomic E-state index is 0.302.